The number of imide groups is 1. The van der Waals surface area contributed by atoms with E-state index in [1.807, 2.05) is 4.90 Å². The molecule has 0 unspecified atom stereocenters. The lowest BCUT2D eigenvalue weighted by atomic mass is 10.0. The summed E-state index contributed by atoms with van der Waals surface area (Å²) in [5.41, 5.74) is 1.61. The van der Waals surface area contributed by atoms with E-state index in [0.29, 0.717) is 5.69 Å². The van der Waals surface area contributed by atoms with E-state index in [0.717, 1.165) is 49.1 Å². The molecule has 2 fully saturated rings. The lowest BCUT2D eigenvalue weighted by Crippen LogP contribution is -2.36. The number of carbonyl (C=O) groups excluding carboxylic acids is 4. The normalized spacial score (nSPS) is 19.2. The Balaban J connectivity index is 1.41. The van der Waals surface area contributed by atoms with Crippen molar-refractivity contribution in [2.75, 3.05) is 11.5 Å². The first-order chi connectivity index (χ1) is 14.0. The third-order valence-electron chi connectivity index (χ3n) is 5.48. The van der Waals surface area contributed by atoms with Gasteiger partial charge in [0.15, 0.2) is 6.61 Å². The molecule has 1 saturated heterocycles. The molecule has 1 aromatic carbocycles. The molecule has 1 heterocycles. The van der Waals surface area contributed by atoms with Crippen LogP contribution in [-0.4, -0.2) is 41.2 Å². The Morgan fingerprint density at radius 1 is 1.07 bits per heavy atom. The van der Waals surface area contributed by atoms with E-state index in [1.54, 1.807) is 18.2 Å². The van der Waals surface area contributed by atoms with Gasteiger partial charge in [-0.2, -0.15) is 0 Å². The summed E-state index contributed by atoms with van der Waals surface area (Å²) < 4.78 is 5.27. The van der Waals surface area contributed by atoms with Crippen LogP contribution in [0.2, 0.25) is 0 Å². The second-order valence-corrected chi connectivity index (χ2v) is 7.69. The molecule has 152 valence electrons. The molecular formula is C22H24N2O5. The highest BCUT2D eigenvalue weighted by Gasteiger charge is 2.35. The number of amides is 3. The minimum Gasteiger partial charge on any atom is -0.452 e. The molecule has 1 saturated carbocycles. The number of esters is 1. The van der Waals surface area contributed by atoms with Gasteiger partial charge in [-0.15, -0.1) is 0 Å². The van der Waals surface area contributed by atoms with Crippen LogP contribution < -0.4 is 4.90 Å². The van der Waals surface area contributed by atoms with Gasteiger partial charge in [0.05, 0.1) is 11.3 Å². The molecule has 0 aromatic heterocycles. The molecule has 7 heteroatoms. The Bertz CT molecular complexity index is 871. The van der Waals surface area contributed by atoms with E-state index >= 15 is 0 Å². The first-order valence-electron chi connectivity index (χ1n) is 10.2. The summed E-state index contributed by atoms with van der Waals surface area (Å²) in [7, 11) is 0. The zero-order valence-corrected chi connectivity index (χ0v) is 16.3. The van der Waals surface area contributed by atoms with Crippen LogP contribution in [0.15, 0.2) is 36.0 Å². The molecule has 0 spiro atoms. The van der Waals surface area contributed by atoms with Crippen LogP contribution in [0, 0.1) is 0 Å². The Labute approximate surface area is 169 Å². The highest BCUT2D eigenvalue weighted by atomic mass is 16.5. The SMILES string of the molecule is O=C(OCC(=O)N(C1=CCCCC1)C1CC1)c1cccc(N2C(=O)CCC2=O)c1. The molecule has 1 aromatic rings. The van der Waals surface area contributed by atoms with Gasteiger partial charge in [-0.3, -0.25) is 19.3 Å². The number of benzene rings is 1. The van der Waals surface area contributed by atoms with Gasteiger partial charge >= 0.3 is 5.97 Å². The van der Waals surface area contributed by atoms with E-state index in [2.05, 4.69) is 6.08 Å². The summed E-state index contributed by atoms with van der Waals surface area (Å²) in [6.07, 6.45) is 8.52. The molecule has 29 heavy (non-hydrogen) atoms. The highest BCUT2D eigenvalue weighted by Crippen LogP contribution is 2.33. The monoisotopic (exact) mass is 396 g/mol. The summed E-state index contributed by atoms with van der Waals surface area (Å²) in [6.45, 7) is -0.321. The predicted octanol–water partition coefficient (Wildman–Crippen LogP) is 2.95. The van der Waals surface area contributed by atoms with E-state index in [1.165, 1.54) is 6.07 Å². The molecule has 0 N–H and O–H groups in total. The third-order valence-corrected chi connectivity index (χ3v) is 5.48. The van der Waals surface area contributed by atoms with Crippen molar-refractivity contribution in [3.8, 4) is 0 Å². The number of nitrogens with zero attached hydrogens (tertiary/aromatic N) is 2. The molecule has 0 atom stereocenters. The number of hydrogen-bond acceptors (Lipinski definition) is 5. The summed E-state index contributed by atoms with van der Waals surface area (Å²) in [4.78, 5) is 51.9. The summed E-state index contributed by atoms with van der Waals surface area (Å²) >= 11 is 0. The van der Waals surface area contributed by atoms with Crippen LogP contribution in [0.5, 0.6) is 0 Å². The van der Waals surface area contributed by atoms with E-state index in [4.69, 9.17) is 4.74 Å². The summed E-state index contributed by atoms with van der Waals surface area (Å²) in [6, 6.07) is 6.42. The fraction of sp³-hybridized carbons (Fsp3) is 0.455. The van der Waals surface area contributed by atoms with Gasteiger partial charge in [0.25, 0.3) is 5.91 Å². The standard InChI is InChI=1S/C22H24N2O5/c25-19-11-12-20(26)24(19)18-8-4-5-15(13-18)22(28)29-14-21(27)23(17-9-10-17)16-6-2-1-3-7-16/h4-6,8,13,17H,1-3,7,9-12,14H2. The maximum atomic E-state index is 12.7. The average Bonchev–Trinajstić information content (AvgIpc) is 3.51. The van der Waals surface area contributed by atoms with Crippen molar-refractivity contribution in [2.45, 2.75) is 57.4 Å². The molecule has 4 rings (SSSR count). The van der Waals surface area contributed by atoms with E-state index in [-0.39, 0.29) is 48.8 Å². The quantitative estimate of drug-likeness (QED) is 0.545. The average molecular weight is 396 g/mol. The minimum absolute atomic E-state index is 0.175. The topological polar surface area (TPSA) is 84.0 Å². The summed E-state index contributed by atoms with van der Waals surface area (Å²) in [5, 5.41) is 0. The second kappa shape index (κ2) is 8.19. The van der Waals surface area contributed by atoms with Crippen molar-refractivity contribution in [2.24, 2.45) is 0 Å². The molecule has 7 nitrogen and oxygen atoms in total. The van der Waals surface area contributed by atoms with Crippen LogP contribution in [0.3, 0.4) is 0 Å². The van der Waals surface area contributed by atoms with E-state index < -0.39 is 5.97 Å². The van der Waals surface area contributed by atoms with Crippen molar-refractivity contribution in [1.29, 1.82) is 0 Å². The Hall–Kier alpha value is -2.96. The first-order valence-corrected chi connectivity index (χ1v) is 10.2. The van der Waals surface area contributed by atoms with Crippen molar-refractivity contribution >= 4 is 29.4 Å². The number of hydrogen-bond donors (Lipinski definition) is 0. The molecular weight excluding hydrogens is 372 g/mol. The Morgan fingerprint density at radius 3 is 2.48 bits per heavy atom. The lowest BCUT2D eigenvalue weighted by molar-refractivity contribution is -0.133. The van der Waals surface area contributed by atoms with Gasteiger partial charge < -0.3 is 9.64 Å². The maximum absolute atomic E-state index is 12.7. The Morgan fingerprint density at radius 2 is 1.83 bits per heavy atom. The zero-order chi connectivity index (χ0) is 20.4. The van der Waals surface area contributed by atoms with Crippen molar-refractivity contribution in [1.82, 2.24) is 4.90 Å². The van der Waals surface area contributed by atoms with Crippen molar-refractivity contribution < 1.29 is 23.9 Å². The van der Waals surface area contributed by atoms with Crippen LogP contribution in [0.4, 0.5) is 5.69 Å². The van der Waals surface area contributed by atoms with Crippen LogP contribution in [0.25, 0.3) is 0 Å². The van der Waals surface area contributed by atoms with Gasteiger partial charge in [0, 0.05) is 24.6 Å². The largest absolute Gasteiger partial charge is 0.452 e. The number of carbonyl (C=O) groups is 4. The fourth-order valence-corrected chi connectivity index (χ4v) is 3.89. The minimum atomic E-state index is -0.646. The number of rotatable bonds is 6. The molecule has 2 aliphatic carbocycles. The maximum Gasteiger partial charge on any atom is 0.338 e. The van der Waals surface area contributed by atoms with Crippen molar-refractivity contribution in [3.05, 3.63) is 41.6 Å². The van der Waals surface area contributed by atoms with Gasteiger partial charge in [-0.25, -0.2) is 4.79 Å². The number of anilines is 1. The van der Waals surface area contributed by atoms with Crippen LogP contribution in [0.1, 0.15) is 61.7 Å². The number of allylic oxidation sites excluding steroid dienone is 2. The second-order valence-electron chi connectivity index (χ2n) is 7.69. The highest BCUT2D eigenvalue weighted by molar-refractivity contribution is 6.20. The lowest BCUT2D eigenvalue weighted by Gasteiger charge is -2.27. The van der Waals surface area contributed by atoms with Gasteiger partial charge in [0.1, 0.15) is 0 Å². The van der Waals surface area contributed by atoms with Crippen LogP contribution in [-0.2, 0) is 19.1 Å². The van der Waals surface area contributed by atoms with Crippen LogP contribution >= 0.6 is 0 Å². The van der Waals surface area contributed by atoms with Gasteiger partial charge in [-0.05, 0) is 56.7 Å². The first kappa shape index (κ1) is 19.4. The van der Waals surface area contributed by atoms with Crippen molar-refractivity contribution in [3.63, 3.8) is 0 Å². The zero-order valence-electron chi connectivity index (χ0n) is 16.3. The summed E-state index contributed by atoms with van der Waals surface area (Å²) in [5.74, 6) is -1.41. The number of ether oxygens (including phenoxy) is 1. The molecule has 0 radical (unpaired) electrons. The van der Waals surface area contributed by atoms with Gasteiger partial charge in [0.2, 0.25) is 11.8 Å². The third kappa shape index (κ3) is 4.23. The Kier molecular flexibility index (Phi) is 5.47. The molecule has 3 aliphatic rings. The molecule has 3 amide bonds. The predicted molar refractivity (Wildman–Crippen MR) is 105 cm³/mol. The van der Waals surface area contributed by atoms with Gasteiger partial charge in [-0.1, -0.05) is 12.1 Å². The fourth-order valence-electron chi connectivity index (χ4n) is 3.89. The molecule has 0 bridgehead atoms. The van der Waals surface area contributed by atoms with E-state index in [9.17, 15) is 19.2 Å². The molecule has 1 aliphatic heterocycles. The smallest absolute Gasteiger partial charge is 0.338 e.